The highest BCUT2D eigenvalue weighted by Crippen LogP contribution is 2.24. The first-order valence-electron chi connectivity index (χ1n) is 7.58. The molecule has 1 N–H and O–H groups in total. The Kier molecular flexibility index (Phi) is 4.36. The van der Waals surface area contributed by atoms with Gasteiger partial charge in [-0.15, -0.1) is 0 Å². The number of benzene rings is 2. The molecule has 124 valence electrons. The predicted octanol–water partition coefficient (Wildman–Crippen LogP) is 4.29. The number of rotatable bonds is 5. The monoisotopic (exact) mass is 327 g/mol. The maximum absolute atomic E-state index is 12.9. The van der Waals surface area contributed by atoms with Crippen molar-refractivity contribution in [3.8, 4) is 17.1 Å². The lowest BCUT2D eigenvalue weighted by Gasteiger charge is -2.17. The van der Waals surface area contributed by atoms with E-state index in [-0.39, 0.29) is 12.4 Å². The fraction of sp³-hybridized carbons (Fsp3) is 0.211. The molecule has 2 aromatic carbocycles. The Labute approximate surface area is 139 Å². The van der Waals surface area contributed by atoms with E-state index in [0.29, 0.717) is 17.4 Å². The Morgan fingerprint density at radius 2 is 1.75 bits per heavy atom. The van der Waals surface area contributed by atoms with Crippen LogP contribution in [0.5, 0.6) is 5.75 Å². The van der Waals surface area contributed by atoms with Crippen LogP contribution in [0.2, 0.25) is 0 Å². The van der Waals surface area contributed by atoms with Crippen LogP contribution in [0, 0.1) is 5.82 Å². The molecule has 0 radical (unpaired) electrons. The van der Waals surface area contributed by atoms with Gasteiger partial charge in [0.1, 0.15) is 11.6 Å². The first kappa shape index (κ1) is 16.2. The number of ether oxygens (including phenoxy) is 1. The van der Waals surface area contributed by atoms with Crippen molar-refractivity contribution in [3.63, 3.8) is 0 Å². The molecule has 0 aliphatic rings. The van der Waals surface area contributed by atoms with Gasteiger partial charge in [0, 0.05) is 5.56 Å². The number of oxazole rings is 1. The van der Waals surface area contributed by atoms with E-state index in [1.807, 2.05) is 12.1 Å². The molecule has 0 bridgehead atoms. The van der Waals surface area contributed by atoms with Crippen LogP contribution in [0.4, 0.5) is 4.39 Å². The minimum Gasteiger partial charge on any atom is -0.484 e. The first-order chi connectivity index (χ1) is 11.4. The van der Waals surface area contributed by atoms with Crippen molar-refractivity contribution in [1.29, 1.82) is 0 Å². The first-order valence-corrected chi connectivity index (χ1v) is 7.58. The minimum atomic E-state index is -0.884. The van der Waals surface area contributed by atoms with Gasteiger partial charge in [-0.1, -0.05) is 12.1 Å². The number of hydrogen-bond acceptors (Lipinski definition) is 4. The smallest absolute Gasteiger partial charge is 0.232 e. The largest absolute Gasteiger partial charge is 0.484 e. The quantitative estimate of drug-likeness (QED) is 0.759. The highest BCUT2D eigenvalue weighted by atomic mass is 19.1. The normalized spacial score (nSPS) is 11.5. The zero-order valence-electron chi connectivity index (χ0n) is 13.5. The third-order valence-corrected chi connectivity index (χ3v) is 3.61. The van der Waals surface area contributed by atoms with Gasteiger partial charge in [-0.05, 0) is 55.8 Å². The molecule has 0 saturated heterocycles. The van der Waals surface area contributed by atoms with Gasteiger partial charge in [-0.3, -0.25) is 0 Å². The number of halogens is 1. The average molecular weight is 327 g/mol. The second kappa shape index (κ2) is 6.45. The van der Waals surface area contributed by atoms with E-state index in [9.17, 15) is 9.50 Å². The van der Waals surface area contributed by atoms with Crippen LogP contribution in [-0.4, -0.2) is 10.1 Å². The summed E-state index contributed by atoms with van der Waals surface area (Å²) in [5.74, 6) is 1.35. The molecule has 5 heteroatoms. The van der Waals surface area contributed by atoms with Crippen LogP contribution in [0.15, 0.2) is 59.1 Å². The van der Waals surface area contributed by atoms with E-state index in [2.05, 4.69) is 4.98 Å². The summed E-state index contributed by atoms with van der Waals surface area (Å²) in [6, 6.07) is 13.2. The van der Waals surface area contributed by atoms with Crippen molar-refractivity contribution in [3.05, 3.63) is 72.0 Å². The Bertz CT molecular complexity index is 802. The molecule has 1 aromatic heterocycles. The van der Waals surface area contributed by atoms with Gasteiger partial charge >= 0.3 is 0 Å². The fourth-order valence-corrected chi connectivity index (χ4v) is 2.23. The molecule has 0 amide bonds. The molecule has 0 atom stereocenters. The number of aromatic nitrogens is 1. The minimum absolute atomic E-state index is 0.184. The summed E-state index contributed by atoms with van der Waals surface area (Å²) in [6.07, 6.45) is 1.59. The summed E-state index contributed by atoms with van der Waals surface area (Å²) in [5, 5.41) is 9.93. The maximum Gasteiger partial charge on any atom is 0.232 e. The molecule has 24 heavy (non-hydrogen) atoms. The summed E-state index contributed by atoms with van der Waals surface area (Å²) in [7, 11) is 0. The van der Waals surface area contributed by atoms with Crippen LogP contribution in [-0.2, 0) is 12.2 Å². The molecule has 4 nitrogen and oxygen atoms in total. The van der Waals surface area contributed by atoms with E-state index in [0.717, 1.165) is 11.1 Å². The number of hydrogen-bond donors (Lipinski definition) is 1. The van der Waals surface area contributed by atoms with Gasteiger partial charge in [0.25, 0.3) is 0 Å². The third kappa shape index (κ3) is 3.81. The van der Waals surface area contributed by atoms with Gasteiger partial charge in [0.05, 0.1) is 11.8 Å². The maximum atomic E-state index is 12.9. The lowest BCUT2D eigenvalue weighted by molar-refractivity contribution is 0.0785. The Balaban J connectivity index is 1.64. The van der Waals surface area contributed by atoms with Crippen LogP contribution < -0.4 is 4.74 Å². The summed E-state index contributed by atoms with van der Waals surface area (Å²) < 4.78 is 24.2. The fourth-order valence-electron chi connectivity index (χ4n) is 2.23. The SMILES string of the molecule is CC(C)(O)c1ccc(OCc2ncc(-c3ccc(F)cc3)o2)cc1. The van der Waals surface area contributed by atoms with Crippen LogP contribution >= 0.6 is 0 Å². The highest BCUT2D eigenvalue weighted by Gasteiger charge is 2.15. The molecule has 0 aliphatic carbocycles. The lowest BCUT2D eigenvalue weighted by atomic mass is 9.99. The zero-order chi connectivity index (χ0) is 17.2. The van der Waals surface area contributed by atoms with Gasteiger partial charge in [-0.2, -0.15) is 0 Å². The van der Waals surface area contributed by atoms with E-state index in [4.69, 9.17) is 9.15 Å². The molecule has 3 aromatic rings. The van der Waals surface area contributed by atoms with E-state index in [1.54, 1.807) is 44.3 Å². The van der Waals surface area contributed by atoms with Crippen molar-refractivity contribution in [2.75, 3.05) is 0 Å². The van der Waals surface area contributed by atoms with E-state index >= 15 is 0 Å². The summed E-state index contributed by atoms with van der Waals surface area (Å²) in [5.41, 5.74) is 0.680. The van der Waals surface area contributed by atoms with Gasteiger partial charge in [-0.25, -0.2) is 9.37 Å². The highest BCUT2D eigenvalue weighted by molar-refractivity contribution is 5.55. The Hall–Kier alpha value is -2.66. The van der Waals surface area contributed by atoms with Crippen molar-refractivity contribution in [2.45, 2.75) is 26.1 Å². The molecular formula is C19H18FNO3. The van der Waals surface area contributed by atoms with Crippen molar-refractivity contribution < 1.29 is 18.7 Å². The standard InChI is InChI=1S/C19H18FNO3/c1-19(2,22)14-5-9-16(10-6-14)23-12-18-21-11-17(24-18)13-3-7-15(20)8-4-13/h3-11,22H,12H2,1-2H3. The van der Waals surface area contributed by atoms with E-state index < -0.39 is 5.60 Å². The second-order valence-corrected chi connectivity index (χ2v) is 6.00. The average Bonchev–Trinajstić information content (AvgIpc) is 3.02. The lowest BCUT2D eigenvalue weighted by Crippen LogP contribution is -2.14. The molecule has 0 unspecified atom stereocenters. The Morgan fingerprint density at radius 1 is 1.08 bits per heavy atom. The molecule has 0 saturated carbocycles. The van der Waals surface area contributed by atoms with Crippen LogP contribution in [0.25, 0.3) is 11.3 Å². The number of nitrogens with zero attached hydrogens (tertiary/aromatic N) is 1. The van der Waals surface area contributed by atoms with E-state index in [1.165, 1.54) is 12.1 Å². The summed E-state index contributed by atoms with van der Waals surface area (Å²) in [6.45, 7) is 3.64. The topological polar surface area (TPSA) is 55.5 Å². The number of aliphatic hydroxyl groups is 1. The predicted molar refractivity (Wildman–Crippen MR) is 87.9 cm³/mol. The molecule has 0 fully saturated rings. The third-order valence-electron chi connectivity index (χ3n) is 3.61. The van der Waals surface area contributed by atoms with Crippen molar-refractivity contribution >= 4 is 0 Å². The second-order valence-electron chi connectivity index (χ2n) is 6.00. The van der Waals surface area contributed by atoms with Crippen LogP contribution in [0.1, 0.15) is 25.3 Å². The zero-order valence-corrected chi connectivity index (χ0v) is 13.5. The molecule has 0 spiro atoms. The summed E-state index contributed by atoms with van der Waals surface area (Å²) in [4.78, 5) is 4.16. The Morgan fingerprint density at radius 3 is 2.38 bits per heavy atom. The molecular weight excluding hydrogens is 309 g/mol. The van der Waals surface area contributed by atoms with Gasteiger partial charge < -0.3 is 14.3 Å². The summed E-state index contributed by atoms with van der Waals surface area (Å²) >= 11 is 0. The van der Waals surface area contributed by atoms with Crippen LogP contribution in [0.3, 0.4) is 0 Å². The van der Waals surface area contributed by atoms with Crippen molar-refractivity contribution in [1.82, 2.24) is 4.98 Å². The molecule has 0 aliphatic heterocycles. The van der Waals surface area contributed by atoms with Gasteiger partial charge in [0.2, 0.25) is 5.89 Å². The molecule has 1 heterocycles. The molecule has 3 rings (SSSR count). The van der Waals surface area contributed by atoms with Crippen molar-refractivity contribution in [2.24, 2.45) is 0 Å². The van der Waals surface area contributed by atoms with Gasteiger partial charge in [0.15, 0.2) is 12.4 Å².